The molecule has 1 atom stereocenters. The van der Waals surface area contributed by atoms with Crippen molar-refractivity contribution in [1.29, 1.82) is 0 Å². The standard InChI is InChI=1S/C21H20N2O5S2/c1-15(20(24)23(2)18-7-4-3-5-8-18)28-21(25)16-10-12-17(13-11-16)22-30(26,27)19-9-6-14-29-19/h3-15,22H,1-2H3. The van der Waals surface area contributed by atoms with Crippen LogP contribution in [0.25, 0.3) is 0 Å². The number of thiophene rings is 1. The highest BCUT2D eigenvalue weighted by Crippen LogP contribution is 2.21. The van der Waals surface area contributed by atoms with Crippen LogP contribution in [0.1, 0.15) is 17.3 Å². The fourth-order valence-corrected chi connectivity index (χ4v) is 4.68. The third-order valence-corrected chi connectivity index (χ3v) is 7.02. The third-order valence-electron chi connectivity index (χ3n) is 4.24. The Morgan fingerprint density at radius 1 is 1.00 bits per heavy atom. The summed E-state index contributed by atoms with van der Waals surface area (Å²) >= 11 is 1.11. The average molecular weight is 445 g/mol. The quantitative estimate of drug-likeness (QED) is 0.560. The van der Waals surface area contributed by atoms with Crippen molar-refractivity contribution in [3.63, 3.8) is 0 Å². The molecule has 1 unspecified atom stereocenters. The summed E-state index contributed by atoms with van der Waals surface area (Å²) in [6.07, 6.45) is -0.986. The van der Waals surface area contributed by atoms with Crippen molar-refractivity contribution >= 4 is 44.6 Å². The maximum absolute atomic E-state index is 12.5. The van der Waals surface area contributed by atoms with Crippen LogP contribution in [-0.4, -0.2) is 33.4 Å². The molecule has 0 aliphatic heterocycles. The SMILES string of the molecule is CC(OC(=O)c1ccc(NS(=O)(=O)c2cccs2)cc1)C(=O)N(C)c1ccccc1. The highest BCUT2D eigenvalue weighted by molar-refractivity contribution is 7.94. The van der Waals surface area contributed by atoms with Crippen LogP contribution in [0.3, 0.4) is 0 Å². The maximum Gasteiger partial charge on any atom is 0.338 e. The summed E-state index contributed by atoms with van der Waals surface area (Å²) in [7, 11) is -2.06. The van der Waals surface area contributed by atoms with Crippen molar-refractivity contribution in [2.24, 2.45) is 0 Å². The molecule has 1 aromatic heterocycles. The normalized spacial score (nSPS) is 12.1. The topological polar surface area (TPSA) is 92.8 Å². The van der Waals surface area contributed by atoms with E-state index in [1.165, 1.54) is 42.2 Å². The second kappa shape index (κ2) is 9.10. The zero-order valence-electron chi connectivity index (χ0n) is 16.3. The number of anilines is 2. The van der Waals surface area contributed by atoms with Crippen molar-refractivity contribution in [3.8, 4) is 0 Å². The number of ether oxygens (including phenoxy) is 1. The van der Waals surface area contributed by atoms with Gasteiger partial charge in [0.25, 0.3) is 15.9 Å². The molecule has 156 valence electrons. The second-order valence-corrected chi connectivity index (χ2v) is 9.25. The minimum Gasteiger partial charge on any atom is -0.449 e. The van der Waals surface area contributed by atoms with E-state index in [1.807, 2.05) is 18.2 Å². The number of esters is 1. The summed E-state index contributed by atoms with van der Waals surface area (Å²) in [4.78, 5) is 26.3. The molecule has 0 saturated heterocycles. The van der Waals surface area contributed by atoms with Gasteiger partial charge in [-0.25, -0.2) is 13.2 Å². The number of nitrogens with zero attached hydrogens (tertiary/aromatic N) is 1. The van der Waals surface area contributed by atoms with E-state index >= 15 is 0 Å². The van der Waals surface area contributed by atoms with Crippen molar-refractivity contribution in [2.45, 2.75) is 17.2 Å². The predicted molar refractivity (Wildman–Crippen MR) is 116 cm³/mol. The van der Waals surface area contributed by atoms with Gasteiger partial charge in [0.05, 0.1) is 5.56 Å². The molecule has 3 aromatic rings. The Morgan fingerprint density at radius 3 is 2.27 bits per heavy atom. The molecule has 30 heavy (non-hydrogen) atoms. The second-order valence-electron chi connectivity index (χ2n) is 6.40. The van der Waals surface area contributed by atoms with Gasteiger partial charge in [-0.2, -0.15) is 0 Å². The van der Waals surface area contributed by atoms with Crippen LogP contribution in [0.5, 0.6) is 0 Å². The molecule has 2 aromatic carbocycles. The lowest BCUT2D eigenvalue weighted by Gasteiger charge is -2.21. The summed E-state index contributed by atoms with van der Waals surface area (Å²) in [6.45, 7) is 1.50. The molecule has 3 rings (SSSR count). The van der Waals surface area contributed by atoms with Crippen molar-refractivity contribution in [1.82, 2.24) is 0 Å². The number of amides is 1. The first-order valence-corrected chi connectivity index (χ1v) is 11.3. The van der Waals surface area contributed by atoms with Gasteiger partial charge in [-0.3, -0.25) is 9.52 Å². The molecule has 1 heterocycles. The molecule has 1 N–H and O–H groups in total. The summed E-state index contributed by atoms with van der Waals surface area (Å²) < 4.78 is 32.4. The van der Waals surface area contributed by atoms with Crippen molar-refractivity contribution < 1.29 is 22.7 Å². The Labute approximate surface area is 179 Å². The third kappa shape index (κ3) is 5.05. The van der Waals surface area contributed by atoms with Gasteiger partial charge in [0.1, 0.15) is 4.21 Å². The summed E-state index contributed by atoms with van der Waals surface area (Å²) in [6, 6.07) is 18.0. The predicted octanol–water partition coefficient (Wildman–Crippen LogP) is 3.76. The van der Waals surface area contributed by atoms with Gasteiger partial charge in [0.2, 0.25) is 0 Å². The zero-order chi connectivity index (χ0) is 21.7. The molecule has 0 bridgehead atoms. The summed E-state index contributed by atoms with van der Waals surface area (Å²) in [5.41, 5.74) is 1.21. The molecule has 0 spiro atoms. The van der Waals surface area contributed by atoms with E-state index in [1.54, 1.807) is 30.6 Å². The molecule has 1 amide bonds. The fraction of sp³-hybridized carbons (Fsp3) is 0.143. The molecule has 0 aliphatic carbocycles. The molecular formula is C21H20N2O5S2. The van der Waals surface area contributed by atoms with E-state index in [0.717, 1.165) is 11.3 Å². The lowest BCUT2D eigenvalue weighted by Crippen LogP contribution is -2.37. The smallest absolute Gasteiger partial charge is 0.338 e. The van der Waals surface area contributed by atoms with Gasteiger partial charge in [0.15, 0.2) is 6.10 Å². The Hall–Kier alpha value is -3.17. The number of likely N-dealkylation sites (N-methyl/N-ethyl adjacent to an activating group) is 1. The number of hydrogen-bond acceptors (Lipinski definition) is 6. The monoisotopic (exact) mass is 444 g/mol. The molecular weight excluding hydrogens is 424 g/mol. The first kappa shape index (κ1) is 21.5. The minimum atomic E-state index is -3.67. The van der Waals surface area contributed by atoms with E-state index in [0.29, 0.717) is 11.4 Å². The van der Waals surface area contributed by atoms with Crippen LogP contribution in [0, 0.1) is 0 Å². The van der Waals surface area contributed by atoms with Crippen LogP contribution in [0.4, 0.5) is 11.4 Å². The molecule has 0 aliphatic rings. The van der Waals surface area contributed by atoms with E-state index < -0.39 is 22.1 Å². The first-order chi connectivity index (χ1) is 14.3. The summed E-state index contributed by atoms with van der Waals surface area (Å²) in [5.74, 6) is -1.04. The Bertz CT molecular complexity index is 1110. The van der Waals surface area contributed by atoms with Crippen LogP contribution in [-0.2, 0) is 19.6 Å². The van der Waals surface area contributed by atoms with Gasteiger partial charge in [0, 0.05) is 18.4 Å². The largest absolute Gasteiger partial charge is 0.449 e. The number of para-hydroxylation sites is 1. The fourth-order valence-electron chi connectivity index (χ4n) is 2.63. The molecule has 9 heteroatoms. The number of carbonyl (C=O) groups excluding carboxylic acids is 2. The Morgan fingerprint density at radius 2 is 1.67 bits per heavy atom. The van der Waals surface area contributed by atoms with Gasteiger partial charge in [-0.05, 0) is 54.8 Å². The van der Waals surface area contributed by atoms with Gasteiger partial charge >= 0.3 is 5.97 Å². The lowest BCUT2D eigenvalue weighted by atomic mass is 10.2. The highest BCUT2D eigenvalue weighted by atomic mass is 32.2. The lowest BCUT2D eigenvalue weighted by molar-refractivity contribution is -0.126. The number of benzene rings is 2. The van der Waals surface area contributed by atoms with E-state index in [2.05, 4.69) is 4.72 Å². The van der Waals surface area contributed by atoms with Gasteiger partial charge in [-0.1, -0.05) is 24.3 Å². The van der Waals surface area contributed by atoms with Crippen LogP contribution in [0.2, 0.25) is 0 Å². The van der Waals surface area contributed by atoms with E-state index in [4.69, 9.17) is 4.74 Å². The molecule has 0 fully saturated rings. The Balaban J connectivity index is 1.62. The number of hydrogen-bond donors (Lipinski definition) is 1. The number of rotatable bonds is 7. The van der Waals surface area contributed by atoms with Gasteiger partial charge < -0.3 is 9.64 Å². The molecule has 7 nitrogen and oxygen atoms in total. The van der Waals surface area contributed by atoms with Crippen molar-refractivity contribution in [3.05, 3.63) is 77.7 Å². The number of carbonyl (C=O) groups is 2. The minimum absolute atomic E-state index is 0.195. The van der Waals surface area contributed by atoms with E-state index in [9.17, 15) is 18.0 Å². The first-order valence-electron chi connectivity index (χ1n) is 8.98. The maximum atomic E-state index is 12.5. The van der Waals surface area contributed by atoms with Crippen LogP contribution in [0.15, 0.2) is 76.3 Å². The summed E-state index contributed by atoms with van der Waals surface area (Å²) in [5, 5.41) is 1.67. The Kier molecular flexibility index (Phi) is 6.53. The van der Waals surface area contributed by atoms with Crippen LogP contribution >= 0.6 is 11.3 Å². The zero-order valence-corrected chi connectivity index (χ0v) is 17.9. The number of sulfonamides is 1. The number of nitrogens with one attached hydrogen (secondary N) is 1. The molecule has 0 radical (unpaired) electrons. The molecule has 0 saturated carbocycles. The van der Waals surface area contributed by atoms with E-state index in [-0.39, 0.29) is 15.7 Å². The van der Waals surface area contributed by atoms with Gasteiger partial charge in [-0.15, -0.1) is 11.3 Å². The van der Waals surface area contributed by atoms with Crippen LogP contribution < -0.4 is 9.62 Å². The van der Waals surface area contributed by atoms with Crippen molar-refractivity contribution in [2.75, 3.05) is 16.7 Å². The average Bonchev–Trinajstić information content (AvgIpc) is 3.29. The highest BCUT2D eigenvalue weighted by Gasteiger charge is 2.23.